The average Bonchev–Trinajstić information content (AvgIpc) is 2.64. The van der Waals surface area contributed by atoms with Crippen molar-refractivity contribution < 1.29 is 23.0 Å². The van der Waals surface area contributed by atoms with Gasteiger partial charge in [-0.3, -0.25) is 0 Å². The van der Waals surface area contributed by atoms with E-state index in [2.05, 4.69) is 15.0 Å². The SMILES string of the molecule is COC[C@@H]1C[C@@H]2CNCCN2c2cccc(OC(F)F)c2O1. The number of piperazine rings is 1. The van der Waals surface area contributed by atoms with Crippen molar-refractivity contribution in [2.24, 2.45) is 0 Å². The van der Waals surface area contributed by atoms with Crippen molar-refractivity contribution in [1.82, 2.24) is 5.32 Å². The summed E-state index contributed by atoms with van der Waals surface area (Å²) in [4.78, 5) is 2.21. The first-order valence-electron chi connectivity index (χ1n) is 7.40. The molecular formula is C15H20F2N2O3. The summed E-state index contributed by atoms with van der Waals surface area (Å²) >= 11 is 0. The number of halogens is 2. The Kier molecular flexibility index (Phi) is 4.63. The first-order chi connectivity index (χ1) is 10.7. The Morgan fingerprint density at radius 2 is 2.32 bits per heavy atom. The third-order valence-corrected chi connectivity index (χ3v) is 4.01. The minimum atomic E-state index is -2.88. The van der Waals surface area contributed by atoms with Gasteiger partial charge in [0.2, 0.25) is 0 Å². The molecular weight excluding hydrogens is 294 g/mol. The molecule has 2 heterocycles. The van der Waals surface area contributed by atoms with Gasteiger partial charge >= 0.3 is 6.61 Å². The molecule has 7 heteroatoms. The van der Waals surface area contributed by atoms with Crippen molar-refractivity contribution in [2.75, 3.05) is 38.3 Å². The summed E-state index contributed by atoms with van der Waals surface area (Å²) in [6, 6.07) is 5.37. The highest BCUT2D eigenvalue weighted by Crippen LogP contribution is 2.42. The molecule has 122 valence electrons. The number of fused-ring (bicyclic) bond motifs is 3. The van der Waals surface area contributed by atoms with E-state index in [9.17, 15) is 8.78 Å². The minimum Gasteiger partial charge on any atom is -0.482 e. The topological polar surface area (TPSA) is 43.0 Å². The predicted octanol–water partition coefficient (Wildman–Crippen LogP) is 1.86. The molecule has 1 saturated heterocycles. The summed E-state index contributed by atoms with van der Waals surface area (Å²) < 4.78 is 41.1. The number of para-hydroxylation sites is 1. The van der Waals surface area contributed by atoms with E-state index in [1.807, 2.05) is 6.07 Å². The van der Waals surface area contributed by atoms with Gasteiger partial charge in [0, 0.05) is 39.2 Å². The van der Waals surface area contributed by atoms with E-state index in [4.69, 9.17) is 9.47 Å². The molecule has 0 bridgehead atoms. The molecule has 1 N–H and O–H groups in total. The number of nitrogens with one attached hydrogen (secondary N) is 1. The third kappa shape index (κ3) is 3.10. The number of ether oxygens (including phenoxy) is 3. The fourth-order valence-corrected chi connectivity index (χ4v) is 3.13. The molecule has 0 unspecified atom stereocenters. The van der Waals surface area contributed by atoms with Gasteiger partial charge in [-0.05, 0) is 12.1 Å². The van der Waals surface area contributed by atoms with Crippen molar-refractivity contribution in [2.45, 2.75) is 25.2 Å². The quantitative estimate of drug-likeness (QED) is 0.919. The third-order valence-electron chi connectivity index (χ3n) is 4.01. The predicted molar refractivity (Wildman–Crippen MR) is 78.0 cm³/mol. The number of nitrogens with zero attached hydrogens (tertiary/aromatic N) is 1. The molecule has 0 amide bonds. The smallest absolute Gasteiger partial charge is 0.387 e. The molecule has 2 atom stereocenters. The Hall–Kier alpha value is -1.60. The lowest BCUT2D eigenvalue weighted by Gasteiger charge is -2.37. The maximum absolute atomic E-state index is 12.6. The number of hydrogen-bond acceptors (Lipinski definition) is 5. The highest BCUT2D eigenvalue weighted by molar-refractivity contribution is 5.66. The van der Waals surface area contributed by atoms with Crippen LogP contribution < -0.4 is 19.7 Å². The molecule has 0 aromatic heterocycles. The average molecular weight is 314 g/mol. The number of alkyl halides is 2. The molecule has 0 radical (unpaired) electrons. The van der Waals surface area contributed by atoms with E-state index in [0.717, 1.165) is 31.7 Å². The van der Waals surface area contributed by atoms with Gasteiger partial charge in [-0.2, -0.15) is 8.78 Å². The summed E-state index contributed by atoms with van der Waals surface area (Å²) in [7, 11) is 1.60. The van der Waals surface area contributed by atoms with Crippen LogP contribution in [0.3, 0.4) is 0 Å². The van der Waals surface area contributed by atoms with Crippen molar-refractivity contribution >= 4 is 5.69 Å². The second-order valence-electron chi connectivity index (χ2n) is 5.47. The van der Waals surface area contributed by atoms with Crippen LogP contribution >= 0.6 is 0 Å². The van der Waals surface area contributed by atoms with Gasteiger partial charge in [-0.1, -0.05) is 6.07 Å². The van der Waals surface area contributed by atoms with Crippen LogP contribution in [0.2, 0.25) is 0 Å². The van der Waals surface area contributed by atoms with Gasteiger partial charge in [-0.15, -0.1) is 0 Å². The number of benzene rings is 1. The van der Waals surface area contributed by atoms with Gasteiger partial charge in [0.15, 0.2) is 11.5 Å². The highest BCUT2D eigenvalue weighted by atomic mass is 19.3. The van der Waals surface area contributed by atoms with Crippen LogP contribution in [-0.2, 0) is 4.74 Å². The Bertz CT molecular complexity index is 516. The first-order valence-corrected chi connectivity index (χ1v) is 7.40. The van der Waals surface area contributed by atoms with Crippen molar-refractivity contribution in [3.8, 4) is 11.5 Å². The Balaban J connectivity index is 1.98. The molecule has 1 aromatic rings. The van der Waals surface area contributed by atoms with Crippen LogP contribution in [0.4, 0.5) is 14.5 Å². The van der Waals surface area contributed by atoms with Gasteiger partial charge in [0.25, 0.3) is 0 Å². The summed E-state index contributed by atoms with van der Waals surface area (Å²) in [6.07, 6.45) is 0.574. The molecule has 3 rings (SSSR count). The number of methoxy groups -OCH3 is 1. The second kappa shape index (κ2) is 6.66. The normalized spacial score (nSPS) is 24.3. The van der Waals surface area contributed by atoms with E-state index in [0.29, 0.717) is 12.4 Å². The summed E-state index contributed by atoms with van der Waals surface area (Å²) in [5, 5.41) is 3.36. The van der Waals surface area contributed by atoms with E-state index < -0.39 is 6.61 Å². The van der Waals surface area contributed by atoms with Crippen LogP contribution in [-0.4, -0.2) is 52.1 Å². The van der Waals surface area contributed by atoms with Gasteiger partial charge in [-0.25, -0.2) is 0 Å². The zero-order chi connectivity index (χ0) is 15.5. The Labute approximate surface area is 128 Å². The zero-order valence-electron chi connectivity index (χ0n) is 12.4. The van der Waals surface area contributed by atoms with Gasteiger partial charge < -0.3 is 24.4 Å². The fourth-order valence-electron chi connectivity index (χ4n) is 3.13. The molecule has 1 aromatic carbocycles. The Morgan fingerprint density at radius 1 is 1.45 bits per heavy atom. The molecule has 1 fully saturated rings. The maximum atomic E-state index is 12.6. The lowest BCUT2D eigenvalue weighted by Crippen LogP contribution is -2.52. The lowest BCUT2D eigenvalue weighted by atomic mass is 10.1. The molecule has 22 heavy (non-hydrogen) atoms. The number of anilines is 1. The first kappa shape index (κ1) is 15.3. The molecule has 0 spiro atoms. The molecule has 0 aliphatic carbocycles. The van der Waals surface area contributed by atoms with Crippen LogP contribution in [0.5, 0.6) is 11.5 Å². The van der Waals surface area contributed by atoms with Gasteiger partial charge in [0.05, 0.1) is 12.3 Å². The van der Waals surface area contributed by atoms with Crippen molar-refractivity contribution in [3.05, 3.63) is 18.2 Å². The van der Waals surface area contributed by atoms with E-state index in [1.54, 1.807) is 13.2 Å². The molecule has 2 aliphatic heterocycles. The fraction of sp³-hybridized carbons (Fsp3) is 0.600. The van der Waals surface area contributed by atoms with E-state index in [-0.39, 0.29) is 17.9 Å². The van der Waals surface area contributed by atoms with Crippen LogP contribution in [0.25, 0.3) is 0 Å². The van der Waals surface area contributed by atoms with Crippen molar-refractivity contribution in [3.63, 3.8) is 0 Å². The molecule has 5 nitrogen and oxygen atoms in total. The van der Waals surface area contributed by atoms with Crippen LogP contribution in [0, 0.1) is 0 Å². The minimum absolute atomic E-state index is 0.0767. The number of hydrogen-bond donors (Lipinski definition) is 1. The standard InChI is InChI=1S/C15H20F2N2O3/c1-20-9-11-7-10-8-18-5-6-19(10)12-3-2-4-13(14(12)21-11)22-15(16)17/h2-4,10-11,15,18H,5-9H2,1H3/t10-,11+/m1/s1. The van der Waals surface area contributed by atoms with E-state index >= 15 is 0 Å². The largest absolute Gasteiger partial charge is 0.482 e. The number of rotatable bonds is 4. The molecule has 2 aliphatic rings. The summed E-state index contributed by atoms with van der Waals surface area (Å²) in [6.45, 7) is 0.0254. The van der Waals surface area contributed by atoms with E-state index in [1.165, 1.54) is 6.07 Å². The summed E-state index contributed by atoms with van der Waals surface area (Å²) in [5.74, 6) is 0.460. The Morgan fingerprint density at radius 3 is 3.09 bits per heavy atom. The van der Waals surface area contributed by atoms with Gasteiger partial charge in [0.1, 0.15) is 6.10 Å². The molecule has 0 saturated carbocycles. The zero-order valence-corrected chi connectivity index (χ0v) is 12.4. The second-order valence-corrected chi connectivity index (χ2v) is 5.47. The maximum Gasteiger partial charge on any atom is 0.387 e. The van der Waals surface area contributed by atoms with Crippen LogP contribution in [0.15, 0.2) is 18.2 Å². The summed E-state index contributed by atoms with van der Waals surface area (Å²) in [5.41, 5.74) is 0.809. The lowest BCUT2D eigenvalue weighted by molar-refractivity contribution is -0.0524. The highest BCUT2D eigenvalue weighted by Gasteiger charge is 2.33. The monoisotopic (exact) mass is 314 g/mol. The van der Waals surface area contributed by atoms with Crippen LogP contribution in [0.1, 0.15) is 6.42 Å². The van der Waals surface area contributed by atoms with Crippen molar-refractivity contribution in [1.29, 1.82) is 0 Å².